The molecule has 3 nitrogen and oxygen atoms in total. The van der Waals surface area contributed by atoms with E-state index in [-0.39, 0.29) is 11.1 Å². The SMILES string of the molecule is CCCCC/C=C/[C@@H](O[Si](c1ccccc1)(c1ccccc1)C(C)(C)C)[C@@H](C#N)NC. The van der Waals surface area contributed by atoms with Crippen molar-refractivity contribution in [2.24, 2.45) is 0 Å². The molecule has 0 saturated carbocycles. The minimum atomic E-state index is -2.73. The molecule has 0 unspecified atom stereocenters. The van der Waals surface area contributed by atoms with Crippen LogP contribution >= 0.6 is 0 Å². The molecule has 2 atom stereocenters. The first kappa shape index (κ1) is 25.1. The van der Waals surface area contributed by atoms with E-state index in [0.29, 0.717) is 0 Å². The smallest absolute Gasteiger partial charge is 0.261 e. The zero-order chi connectivity index (χ0) is 22.7. The van der Waals surface area contributed by atoms with Crippen LogP contribution in [-0.4, -0.2) is 27.5 Å². The zero-order valence-electron chi connectivity index (χ0n) is 19.8. The van der Waals surface area contributed by atoms with E-state index >= 15 is 0 Å². The van der Waals surface area contributed by atoms with E-state index in [1.807, 2.05) is 19.2 Å². The van der Waals surface area contributed by atoms with Gasteiger partial charge in [-0.1, -0.05) is 113 Å². The molecule has 0 aromatic heterocycles. The van der Waals surface area contributed by atoms with Gasteiger partial charge < -0.3 is 9.74 Å². The minimum absolute atomic E-state index is 0.127. The fraction of sp³-hybridized carbons (Fsp3) is 0.444. The number of benzene rings is 2. The molecule has 0 radical (unpaired) electrons. The highest BCUT2D eigenvalue weighted by molar-refractivity contribution is 6.99. The molecule has 0 amide bonds. The lowest BCUT2D eigenvalue weighted by Gasteiger charge is -2.45. The summed E-state index contributed by atoms with van der Waals surface area (Å²) in [5, 5.41) is 15.4. The van der Waals surface area contributed by atoms with Crippen molar-refractivity contribution in [1.82, 2.24) is 5.32 Å². The largest absolute Gasteiger partial charge is 0.398 e. The van der Waals surface area contributed by atoms with Crippen LogP contribution in [0.3, 0.4) is 0 Å². The van der Waals surface area contributed by atoms with Gasteiger partial charge in [0.1, 0.15) is 6.04 Å². The van der Waals surface area contributed by atoms with E-state index in [1.54, 1.807) is 0 Å². The van der Waals surface area contributed by atoms with Gasteiger partial charge in [-0.15, -0.1) is 0 Å². The summed E-state index contributed by atoms with van der Waals surface area (Å²) in [6, 6.07) is 23.2. The molecule has 0 aliphatic heterocycles. The van der Waals surface area contributed by atoms with Crippen molar-refractivity contribution in [2.45, 2.75) is 70.6 Å². The van der Waals surface area contributed by atoms with E-state index < -0.39 is 14.4 Å². The number of rotatable bonds is 11. The van der Waals surface area contributed by atoms with Gasteiger partial charge in [-0.2, -0.15) is 5.26 Å². The van der Waals surface area contributed by atoms with E-state index in [9.17, 15) is 5.26 Å². The van der Waals surface area contributed by atoms with E-state index in [2.05, 4.69) is 99.8 Å². The monoisotopic (exact) mass is 434 g/mol. The topological polar surface area (TPSA) is 45.0 Å². The number of nitrogens with zero attached hydrogens (tertiary/aromatic N) is 1. The van der Waals surface area contributed by atoms with E-state index in [4.69, 9.17) is 4.43 Å². The second-order valence-electron chi connectivity index (χ2n) is 9.07. The molecule has 0 bridgehead atoms. The van der Waals surface area contributed by atoms with Crippen molar-refractivity contribution in [3.63, 3.8) is 0 Å². The first-order valence-electron chi connectivity index (χ1n) is 11.4. The Morgan fingerprint density at radius 3 is 1.97 bits per heavy atom. The first-order valence-corrected chi connectivity index (χ1v) is 13.3. The highest BCUT2D eigenvalue weighted by Gasteiger charge is 2.51. The number of likely N-dealkylation sites (N-methyl/N-ethyl adjacent to an activating group) is 1. The summed E-state index contributed by atoms with van der Waals surface area (Å²) >= 11 is 0. The molecular formula is C27H38N2OSi. The lowest BCUT2D eigenvalue weighted by Crippen LogP contribution is -2.68. The predicted molar refractivity (Wildman–Crippen MR) is 134 cm³/mol. The Labute approximate surface area is 190 Å². The van der Waals surface area contributed by atoms with Gasteiger partial charge in [-0.05, 0) is 35.3 Å². The molecule has 0 heterocycles. The normalized spacial score (nSPS) is 14.3. The highest BCUT2D eigenvalue weighted by Crippen LogP contribution is 2.38. The summed E-state index contributed by atoms with van der Waals surface area (Å²) in [4.78, 5) is 0. The number of allylic oxidation sites excluding steroid dienone is 1. The quantitative estimate of drug-likeness (QED) is 0.301. The summed E-state index contributed by atoms with van der Waals surface area (Å²) in [6.45, 7) is 9.01. The number of hydrogen-bond acceptors (Lipinski definition) is 3. The molecule has 31 heavy (non-hydrogen) atoms. The summed E-state index contributed by atoms with van der Waals surface area (Å²) in [6.07, 6.45) is 8.57. The van der Waals surface area contributed by atoms with Crippen molar-refractivity contribution < 1.29 is 4.43 Å². The van der Waals surface area contributed by atoms with Gasteiger partial charge in [-0.25, -0.2) is 0 Å². The second-order valence-corrected chi connectivity index (χ2v) is 13.3. The summed E-state index contributed by atoms with van der Waals surface area (Å²) in [7, 11) is -0.892. The average molecular weight is 435 g/mol. The van der Waals surface area contributed by atoms with Crippen LogP contribution in [0.5, 0.6) is 0 Å². The molecule has 0 aliphatic carbocycles. The lowest BCUT2D eigenvalue weighted by molar-refractivity contribution is 0.208. The van der Waals surface area contributed by atoms with E-state index in [0.717, 1.165) is 12.8 Å². The molecule has 4 heteroatoms. The second kappa shape index (κ2) is 12.0. The van der Waals surface area contributed by atoms with Crippen molar-refractivity contribution in [1.29, 1.82) is 5.26 Å². The maximum Gasteiger partial charge on any atom is 0.261 e. The van der Waals surface area contributed by atoms with Gasteiger partial charge in [-0.3, -0.25) is 0 Å². The summed E-state index contributed by atoms with van der Waals surface area (Å²) in [5.41, 5.74) is 0. The molecule has 0 saturated heterocycles. The highest BCUT2D eigenvalue weighted by atomic mass is 28.4. The molecule has 0 spiro atoms. The van der Waals surface area contributed by atoms with Gasteiger partial charge in [0.05, 0.1) is 12.2 Å². The Balaban J connectivity index is 2.59. The standard InChI is InChI=1S/C27H38N2OSi/c1-6-7-8-9-16-21-26(25(22-28)29-5)30-31(27(2,3)4,23-17-12-10-13-18-23)24-19-14-11-15-20-24/h10-21,25-26,29H,6-9H2,1-5H3/b21-16+/t25-,26-/m1/s1. The van der Waals surface area contributed by atoms with Crippen molar-refractivity contribution in [3.05, 3.63) is 72.8 Å². The van der Waals surface area contributed by atoms with Crippen molar-refractivity contribution in [2.75, 3.05) is 7.05 Å². The number of unbranched alkanes of at least 4 members (excludes halogenated alkanes) is 3. The fourth-order valence-corrected chi connectivity index (χ4v) is 8.80. The zero-order valence-corrected chi connectivity index (χ0v) is 20.8. The van der Waals surface area contributed by atoms with Crippen LogP contribution in [0.15, 0.2) is 72.8 Å². The fourth-order valence-electron chi connectivity index (χ4n) is 4.16. The van der Waals surface area contributed by atoms with Crippen LogP contribution in [0.25, 0.3) is 0 Å². The van der Waals surface area contributed by atoms with Crippen LogP contribution in [0.2, 0.25) is 5.04 Å². The third kappa shape index (κ3) is 6.17. The molecule has 1 N–H and O–H groups in total. The molecule has 166 valence electrons. The molecular weight excluding hydrogens is 396 g/mol. The van der Waals surface area contributed by atoms with Gasteiger partial charge in [0.25, 0.3) is 8.32 Å². The van der Waals surface area contributed by atoms with Gasteiger partial charge in [0.2, 0.25) is 0 Å². The molecule has 2 rings (SSSR count). The number of nitriles is 1. The van der Waals surface area contributed by atoms with Crippen LogP contribution in [0.4, 0.5) is 0 Å². The average Bonchev–Trinajstić information content (AvgIpc) is 2.78. The lowest BCUT2D eigenvalue weighted by atomic mass is 10.1. The molecule has 0 fully saturated rings. The predicted octanol–water partition coefficient (Wildman–Crippen LogP) is 5.18. The van der Waals surface area contributed by atoms with Crippen LogP contribution in [0.1, 0.15) is 53.4 Å². The van der Waals surface area contributed by atoms with E-state index in [1.165, 1.54) is 23.2 Å². The van der Waals surface area contributed by atoms with Crippen molar-refractivity contribution >= 4 is 18.7 Å². The maximum absolute atomic E-state index is 9.87. The Morgan fingerprint density at radius 2 is 1.55 bits per heavy atom. The Hall–Kier alpha value is -2.19. The Kier molecular flexibility index (Phi) is 9.70. The number of hydrogen-bond donors (Lipinski definition) is 1. The minimum Gasteiger partial charge on any atom is -0.398 e. The third-order valence-electron chi connectivity index (χ3n) is 5.81. The summed E-state index contributed by atoms with van der Waals surface area (Å²) < 4.78 is 7.19. The maximum atomic E-state index is 9.87. The van der Waals surface area contributed by atoms with Gasteiger partial charge >= 0.3 is 0 Å². The van der Waals surface area contributed by atoms with Gasteiger partial charge in [0.15, 0.2) is 0 Å². The molecule has 2 aromatic carbocycles. The number of nitrogens with one attached hydrogen (secondary N) is 1. The Bertz CT molecular complexity index is 798. The third-order valence-corrected chi connectivity index (χ3v) is 10.8. The first-order chi connectivity index (χ1) is 14.9. The molecule has 2 aromatic rings. The van der Waals surface area contributed by atoms with Crippen LogP contribution < -0.4 is 15.7 Å². The molecule has 0 aliphatic rings. The Morgan fingerprint density at radius 1 is 1.00 bits per heavy atom. The summed E-state index contributed by atoms with van der Waals surface area (Å²) in [5.74, 6) is 0. The van der Waals surface area contributed by atoms with Crippen molar-refractivity contribution in [3.8, 4) is 6.07 Å². The van der Waals surface area contributed by atoms with Crippen LogP contribution in [-0.2, 0) is 4.43 Å². The van der Waals surface area contributed by atoms with Gasteiger partial charge in [0, 0.05) is 0 Å². The van der Waals surface area contributed by atoms with Crippen LogP contribution in [0, 0.1) is 11.3 Å².